The fraction of sp³-hybridized carbons (Fsp3) is 0.938. The zero-order valence-electron chi connectivity index (χ0n) is 23.4. The van der Waals surface area contributed by atoms with E-state index in [-0.39, 0.29) is 11.7 Å². The van der Waals surface area contributed by atoms with Gasteiger partial charge in [0.1, 0.15) is 0 Å². The monoisotopic (exact) mass is 511 g/mol. The highest BCUT2D eigenvalue weighted by atomic mass is 16.5. The first kappa shape index (κ1) is 24.3. The van der Waals surface area contributed by atoms with E-state index in [4.69, 9.17) is 14.2 Å². The molecule has 0 bridgehead atoms. The number of aliphatic hydroxyl groups is 1. The average molecular weight is 512 g/mol. The molecule has 12 atom stereocenters. The van der Waals surface area contributed by atoms with Crippen LogP contribution in [-0.2, 0) is 14.2 Å². The number of rotatable bonds is 6. The van der Waals surface area contributed by atoms with Crippen molar-refractivity contribution in [3.05, 3.63) is 11.6 Å². The molecular weight excluding hydrogens is 462 g/mol. The van der Waals surface area contributed by atoms with Gasteiger partial charge in [-0.2, -0.15) is 0 Å². The van der Waals surface area contributed by atoms with E-state index in [0.717, 1.165) is 43.2 Å². The molecule has 1 N–H and O–H groups in total. The summed E-state index contributed by atoms with van der Waals surface area (Å²) in [6.07, 6.45) is 15.6. The summed E-state index contributed by atoms with van der Waals surface area (Å²) in [7, 11) is 1.75. The second kappa shape index (κ2) is 8.06. The largest absolute Gasteiger partial charge is 0.389 e. The third kappa shape index (κ3) is 2.94. The van der Waals surface area contributed by atoms with Crippen molar-refractivity contribution in [2.24, 2.45) is 45.8 Å². The number of piperidine rings is 1. The smallest absolute Gasteiger partial charge is 0.0793 e. The minimum absolute atomic E-state index is 0.174. The van der Waals surface area contributed by atoms with Crippen LogP contribution >= 0.6 is 0 Å². The molecule has 2 heterocycles. The number of allylic oxidation sites excluding steroid dienone is 1. The second-order valence-corrected chi connectivity index (χ2v) is 15.1. The van der Waals surface area contributed by atoms with Crippen molar-refractivity contribution in [1.82, 2.24) is 4.90 Å². The second-order valence-electron chi connectivity index (χ2n) is 15.1. The van der Waals surface area contributed by atoms with Crippen LogP contribution < -0.4 is 0 Å². The van der Waals surface area contributed by atoms with E-state index in [9.17, 15) is 5.11 Å². The van der Waals surface area contributed by atoms with Crippen molar-refractivity contribution in [3.8, 4) is 0 Å². The van der Waals surface area contributed by atoms with Crippen LogP contribution in [0.3, 0.4) is 0 Å². The zero-order chi connectivity index (χ0) is 25.2. The maximum absolute atomic E-state index is 10.4. The van der Waals surface area contributed by atoms with Gasteiger partial charge in [0.05, 0.1) is 37.6 Å². The average Bonchev–Trinajstić information content (AvgIpc) is 3.35. The molecule has 0 aromatic heterocycles. The lowest BCUT2D eigenvalue weighted by Gasteiger charge is -2.60. The molecule has 2 saturated heterocycles. The molecule has 8 rings (SSSR count). The van der Waals surface area contributed by atoms with E-state index in [0.29, 0.717) is 47.5 Å². The molecule has 5 nitrogen and oxygen atoms in total. The Labute approximate surface area is 223 Å². The van der Waals surface area contributed by atoms with Crippen LogP contribution in [0.2, 0.25) is 0 Å². The number of nitrogens with zero attached hydrogens (tertiary/aromatic N) is 1. The van der Waals surface area contributed by atoms with Gasteiger partial charge in [0, 0.05) is 37.6 Å². The summed E-state index contributed by atoms with van der Waals surface area (Å²) in [5, 5.41) is 10.4. The molecule has 37 heavy (non-hydrogen) atoms. The lowest BCUT2D eigenvalue weighted by Crippen LogP contribution is -2.64. The molecule has 206 valence electrons. The zero-order valence-corrected chi connectivity index (χ0v) is 23.4. The molecule has 2 unspecified atom stereocenters. The molecule has 6 aliphatic carbocycles. The van der Waals surface area contributed by atoms with Gasteiger partial charge in [-0.15, -0.1) is 0 Å². The first-order chi connectivity index (χ1) is 17.9. The normalized spacial score (nSPS) is 57.0. The summed E-state index contributed by atoms with van der Waals surface area (Å²) in [4.78, 5) is 2.78. The number of aliphatic hydroxyl groups excluding tert-OH is 1. The van der Waals surface area contributed by atoms with E-state index in [2.05, 4.69) is 24.8 Å². The molecule has 0 aromatic carbocycles. The van der Waals surface area contributed by atoms with E-state index in [1.54, 1.807) is 12.7 Å². The highest BCUT2D eigenvalue weighted by molar-refractivity contribution is 5.41. The Morgan fingerprint density at radius 1 is 1.08 bits per heavy atom. The molecule has 7 fully saturated rings. The minimum atomic E-state index is -0.199. The summed E-state index contributed by atoms with van der Waals surface area (Å²) >= 11 is 0. The van der Waals surface area contributed by atoms with E-state index >= 15 is 0 Å². The molecule has 0 aromatic rings. The third-order valence-electron chi connectivity index (χ3n) is 13.9. The number of methoxy groups -OCH3 is 1. The Kier molecular flexibility index (Phi) is 5.30. The van der Waals surface area contributed by atoms with Gasteiger partial charge in [0.25, 0.3) is 0 Å². The van der Waals surface area contributed by atoms with Gasteiger partial charge in [-0.1, -0.05) is 25.5 Å². The molecule has 0 amide bonds. The molecule has 5 heteroatoms. The van der Waals surface area contributed by atoms with Crippen LogP contribution in [0.4, 0.5) is 0 Å². The molecule has 8 aliphatic rings. The Balaban J connectivity index is 1.04. The highest BCUT2D eigenvalue weighted by Gasteiger charge is 2.91. The van der Waals surface area contributed by atoms with Crippen LogP contribution in [0.5, 0.6) is 0 Å². The predicted molar refractivity (Wildman–Crippen MR) is 142 cm³/mol. The summed E-state index contributed by atoms with van der Waals surface area (Å²) in [5.41, 5.74) is 3.18. The van der Waals surface area contributed by atoms with Gasteiger partial charge < -0.3 is 19.3 Å². The lowest BCUT2D eigenvalue weighted by molar-refractivity contribution is -0.211. The van der Waals surface area contributed by atoms with Crippen molar-refractivity contribution >= 4 is 0 Å². The molecule has 2 aliphatic heterocycles. The van der Waals surface area contributed by atoms with Gasteiger partial charge >= 0.3 is 0 Å². The van der Waals surface area contributed by atoms with Crippen molar-refractivity contribution in [2.45, 2.75) is 102 Å². The summed E-state index contributed by atoms with van der Waals surface area (Å²) in [6.45, 7) is 9.44. The van der Waals surface area contributed by atoms with Crippen LogP contribution in [0.15, 0.2) is 11.6 Å². The Morgan fingerprint density at radius 2 is 1.97 bits per heavy atom. The topological polar surface area (TPSA) is 51.2 Å². The van der Waals surface area contributed by atoms with E-state index in [1.807, 2.05) is 0 Å². The van der Waals surface area contributed by atoms with Crippen molar-refractivity contribution in [2.75, 3.05) is 40.0 Å². The van der Waals surface area contributed by atoms with Crippen LogP contribution in [-0.4, -0.2) is 73.9 Å². The fourth-order valence-electron chi connectivity index (χ4n) is 12.6. The number of ether oxygens (including phenoxy) is 3. The summed E-state index contributed by atoms with van der Waals surface area (Å²) in [5.74, 6) is 4.13. The maximum atomic E-state index is 10.4. The van der Waals surface area contributed by atoms with Gasteiger partial charge in [0.15, 0.2) is 0 Å². The van der Waals surface area contributed by atoms with Crippen LogP contribution in [0, 0.1) is 45.8 Å². The third-order valence-corrected chi connectivity index (χ3v) is 13.9. The van der Waals surface area contributed by atoms with Gasteiger partial charge in [-0.3, -0.25) is 4.90 Å². The molecule has 5 saturated carbocycles. The predicted octanol–water partition coefficient (Wildman–Crippen LogP) is 4.82. The van der Waals surface area contributed by atoms with Crippen molar-refractivity contribution in [1.29, 1.82) is 0 Å². The Morgan fingerprint density at radius 3 is 2.84 bits per heavy atom. The SMILES string of the molecule is COCCOCCN1C[C@@H](C)C[C@H]2O[C@@]34CC[C@H]5[C@@H]6CCC7=C[C@@H](O)CC[C@]7(C)[C@H]6CC56CC63C[C@@H]4[C@@H]21. The van der Waals surface area contributed by atoms with Crippen molar-refractivity contribution in [3.63, 3.8) is 0 Å². The quantitative estimate of drug-likeness (QED) is 0.409. The summed E-state index contributed by atoms with van der Waals surface area (Å²) < 4.78 is 18.5. The molecular formula is C32H49NO4. The van der Waals surface area contributed by atoms with Gasteiger partial charge in [-0.25, -0.2) is 0 Å². The van der Waals surface area contributed by atoms with Crippen LogP contribution in [0.1, 0.15) is 78.1 Å². The minimum Gasteiger partial charge on any atom is -0.389 e. The Bertz CT molecular complexity index is 984. The number of likely N-dealkylation sites (tertiary alicyclic amines) is 1. The van der Waals surface area contributed by atoms with Gasteiger partial charge in [-0.05, 0) is 98.7 Å². The maximum Gasteiger partial charge on any atom is 0.0793 e. The van der Waals surface area contributed by atoms with Gasteiger partial charge in [0.2, 0.25) is 0 Å². The Hall–Kier alpha value is -0.460. The van der Waals surface area contributed by atoms with Crippen molar-refractivity contribution < 1.29 is 19.3 Å². The van der Waals surface area contributed by atoms with E-state index in [1.165, 1.54) is 64.3 Å². The summed E-state index contributed by atoms with van der Waals surface area (Å²) in [6, 6.07) is 0.609. The number of hydrogen-bond donors (Lipinski definition) is 1. The molecule has 3 spiro atoms. The highest BCUT2D eigenvalue weighted by Crippen LogP contribution is 2.93. The van der Waals surface area contributed by atoms with E-state index < -0.39 is 0 Å². The number of hydrogen-bond acceptors (Lipinski definition) is 5. The first-order valence-electron chi connectivity index (χ1n) is 15.8. The fourth-order valence-corrected chi connectivity index (χ4v) is 12.6. The molecule has 0 radical (unpaired) electrons. The number of fused-ring (bicyclic) bond motifs is 6. The first-order valence-corrected chi connectivity index (χ1v) is 15.8. The van der Waals surface area contributed by atoms with Crippen LogP contribution in [0.25, 0.3) is 0 Å². The standard InChI is InChI=1S/C32H49NO4/c1-20-14-27-28(33(18-20)10-11-36-13-12-35-3)26-17-31-19-30(31)16-25-23(24(30)7-9-32(26,31)37-27)5-4-21-15-22(34)6-8-29(21,25)2/h15,20,22-28,34H,4-14,16-19H2,1-3H3/t20-,22-,23-,24-,25-,26+,27+,28-,29-,30?,31?,32+/m0/s1. The lowest BCUT2D eigenvalue weighted by atomic mass is 9.47.